The molecule has 0 saturated carbocycles. The van der Waals surface area contributed by atoms with Crippen LogP contribution >= 0.6 is 58.0 Å². The first-order valence-electron chi connectivity index (χ1n) is 5.29. The zero-order valence-corrected chi connectivity index (χ0v) is 13.6. The zero-order valence-electron chi connectivity index (χ0n) is 9.86. The lowest BCUT2D eigenvalue weighted by Gasteiger charge is -2.13. The maximum atomic E-state index is 13.6. The predicted octanol–water partition coefficient (Wildman–Crippen LogP) is 6.46. The van der Waals surface area contributed by atoms with Crippen molar-refractivity contribution in [1.82, 2.24) is 0 Å². The molecule has 2 nitrogen and oxygen atoms in total. The Balaban J connectivity index is 2.82. The van der Waals surface area contributed by atoms with E-state index in [0.717, 1.165) is 12.1 Å². The van der Waals surface area contributed by atoms with Crippen LogP contribution in [0.2, 0.25) is 25.1 Å². The largest absolute Gasteiger partial charge is 0.478 e. The molecule has 2 aromatic carbocycles. The lowest BCUT2D eigenvalue weighted by atomic mass is 10.0. The molecule has 2 aromatic rings. The van der Waals surface area contributed by atoms with Gasteiger partial charge in [-0.25, -0.2) is 9.18 Å². The molecule has 0 amide bonds. The molecule has 8 heteroatoms. The van der Waals surface area contributed by atoms with Gasteiger partial charge in [0.25, 0.3) is 0 Å². The van der Waals surface area contributed by atoms with Crippen molar-refractivity contribution < 1.29 is 14.3 Å². The van der Waals surface area contributed by atoms with E-state index in [-0.39, 0.29) is 41.8 Å². The number of carboxylic acid groups (broad SMARTS) is 1. The molecule has 0 aliphatic heterocycles. The molecule has 0 bridgehead atoms. The third-order valence-corrected chi connectivity index (χ3v) is 4.92. The second kappa shape index (κ2) is 6.19. The molecule has 21 heavy (non-hydrogen) atoms. The second-order valence-corrected chi connectivity index (χ2v) is 5.87. The van der Waals surface area contributed by atoms with Gasteiger partial charge in [-0.2, -0.15) is 0 Å². The summed E-state index contributed by atoms with van der Waals surface area (Å²) in [6.07, 6.45) is 0. The Bertz CT molecular complexity index is 732. The van der Waals surface area contributed by atoms with Crippen molar-refractivity contribution in [3.8, 4) is 11.1 Å². The molecular weight excluding hydrogens is 384 g/mol. The molecule has 110 valence electrons. The van der Waals surface area contributed by atoms with Gasteiger partial charge in [0.05, 0.1) is 30.7 Å². The van der Waals surface area contributed by atoms with Crippen molar-refractivity contribution >= 4 is 64.0 Å². The van der Waals surface area contributed by atoms with E-state index in [0.29, 0.717) is 0 Å². The van der Waals surface area contributed by atoms with Crippen molar-refractivity contribution in [1.29, 1.82) is 0 Å². The monoisotopic (exact) mass is 386 g/mol. The highest BCUT2D eigenvalue weighted by atomic mass is 35.5. The zero-order chi connectivity index (χ0) is 15.9. The lowest BCUT2D eigenvalue weighted by Crippen LogP contribution is -1.98. The number of carbonyl (C=O) groups is 1. The standard InChI is InChI=1S/C13H4Cl5FO2/c14-8-7(9(15)11(17)12(18)10(8)16)4-1-5(13(20)21)3-6(19)2-4/h1-3H,(H,20,21). The summed E-state index contributed by atoms with van der Waals surface area (Å²) in [6, 6.07) is 3.14. The predicted molar refractivity (Wildman–Crippen MR) is 83.8 cm³/mol. The third kappa shape index (κ3) is 3.08. The Morgan fingerprint density at radius 3 is 1.81 bits per heavy atom. The summed E-state index contributed by atoms with van der Waals surface area (Å²) >= 11 is 29.9. The molecular formula is C13H4Cl5FO2. The van der Waals surface area contributed by atoms with Crippen molar-refractivity contribution in [3.05, 3.63) is 54.7 Å². The van der Waals surface area contributed by atoms with Crippen LogP contribution in [0.4, 0.5) is 4.39 Å². The van der Waals surface area contributed by atoms with Crippen LogP contribution in [0.1, 0.15) is 10.4 Å². The van der Waals surface area contributed by atoms with Crippen LogP contribution in [0, 0.1) is 5.82 Å². The van der Waals surface area contributed by atoms with Gasteiger partial charge in [-0.1, -0.05) is 58.0 Å². The maximum absolute atomic E-state index is 13.6. The maximum Gasteiger partial charge on any atom is 0.335 e. The molecule has 0 heterocycles. The van der Waals surface area contributed by atoms with E-state index in [9.17, 15) is 9.18 Å². The molecule has 1 N–H and O–H groups in total. The van der Waals surface area contributed by atoms with Crippen molar-refractivity contribution in [2.75, 3.05) is 0 Å². The van der Waals surface area contributed by atoms with Gasteiger partial charge in [0.1, 0.15) is 5.82 Å². The van der Waals surface area contributed by atoms with E-state index in [4.69, 9.17) is 63.1 Å². The van der Waals surface area contributed by atoms with E-state index in [1.165, 1.54) is 6.07 Å². The van der Waals surface area contributed by atoms with Gasteiger partial charge in [0.15, 0.2) is 0 Å². The molecule has 0 unspecified atom stereocenters. The van der Waals surface area contributed by atoms with Gasteiger partial charge in [-0.3, -0.25) is 0 Å². The molecule has 0 fully saturated rings. The van der Waals surface area contributed by atoms with Crippen LogP contribution in [0.15, 0.2) is 18.2 Å². The molecule has 0 saturated heterocycles. The molecule has 0 radical (unpaired) electrons. The Labute approximate surface area is 143 Å². The minimum Gasteiger partial charge on any atom is -0.478 e. The van der Waals surface area contributed by atoms with Crippen molar-refractivity contribution in [2.45, 2.75) is 0 Å². The normalized spacial score (nSPS) is 10.8. The SMILES string of the molecule is O=C(O)c1cc(F)cc(-c2c(Cl)c(Cl)c(Cl)c(Cl)c2Cl)c1. The number of carboxylic acids is 1. The Kier molecular flexibility index (Phi) is 4.91. The number of hydrogen-bond acceptors (Lipinski definition) is 1. The fourth-order valence-corrected chi connectivity index (χ4v) is 3.07. The number of aromatic carboxylic acids is 1. The van der Waals surface area contributed by atoms with Gasteiger partial charge in [-0.15, -0.1) is 0 Å². The third-order valence-electron chi connectivity index (χ3n) is 2.64. The summed E-state index contributed by atoms with van der Waals surface area (Å²) in [5, 5.41) is 8.74. The summed E-state index contributed by atoms with van der Waals surface area (Å²) < 4.78 is 13.6. The van der Waals surface area contributed by atoms with Gasteiger partial charge in [-0.05, 0) is 23.8 Å². The Hall–Kier alpha value is -0.710. The minimum atomic E-state index is -1.30. The van der Waals surface area contributed by atoms with Crippen LogP contribution in [-0.4, -0.2) is 11.1 Å². The summed E-state index contributed by atoms with van der Waals surface area (Å²) in [4.78, 5) is 11.0. The van der Waals surface area contributed by atoms with Crippen LogP contribution < -0.4 is 0 Å². The van der Waals surface area contributed by atoms with Crippen LogP contribution in [0.25, 0.3) is 11.1 Å². The highest BCUT2D eigenvalue weighted by molar-refractivity contribution is 6.56. The van der Waals surface area contributed by atoms with Gasteiger partial charge >= 0.3 is 5.97 Å². The highest BCUT2D eigenvalue weighted by Gasteiger charge is 2.21. The molecule has 0 spiro atoms. The van der Waals surface area contributed by atoms with Crippen molar-refractivity contribution in [2.24, 2.45) is 0 Å². The van der Waals surface area contributed by atoms with E-state index in [1.54, 1.807) is 0 Å². The average Bonchev–Trinajstić information content (AvgIpc) is 2.42. The quantitative estimate of drug-likeness (QED) is 0.474. The molecule has 0 aromatic heterocycles. The van der Waals surface area contributed by atoms with Gasteiger partial charge < -0.3 is 5.11 Å². The van der Waals surface area contributed by atoms with Crippen LogP contribution in [0.5, 0.6) is 0 Å². The molecule has 0 aliphatic rings. The smallest absolute Gasteiger partial charge is 0.335 e. The molecule has 2 rings (SSSR count). The lowest BCUT2D eigenvalue weighted by molar-refractivity contribution is 0.0696. The molecule has 0 aliphatic carbocycles. The van der Waals surface area contributed by atoms with Crippen LogP contribution in [-0.2, 0) is 0 Å². The van der Waals surface area contributed by atoms with Crippen molar-refractivity contribution in [3.63, 3.8) is 0 Å². The number of rotatable bonds is 2. The summed E-state index contributed by atoms with van der Waals surface area (Å²) in [5.41, 5.74) is -0.0260. The van der Waals surface area contributed by atoms with E-state index in [1.807, 2.05) is 0 Å². The van der Waals surface area contributed by atoms with E-state index >= 15 is 0 Å². The Morgan fingerprint density at radius 2 is 1.33 bits per heavy atom. The van der Waals surface area contributed by atoms with Crippen LogP contribution in [0.3, 0.4) is 0 Å². The van der Waals surface area contributed by atoms with E-state index in [2.05, 4.69) is 0 Å². The summed E-state index contributed by atoms with van der Waals surface area (Å²) in [6.45, 7) is 0. The fraction of sp³-hybridized carbons (Fsp3) is 0. The first-order valence-corrected chi connectivity index (χ1v) is 7.18. The topological polar surface area (TPSA) is 37.3 Å². The average molecular weight is 388 g/mol. The summed E-state index contributed by atoms with van der Waals surface area (Å²) in [5.74, 6) is -2.06. The summed E-state index contributed by atoms with van der Waals surface area (Å²) in [7, 11) is 0. The van der Waals surface area contributed by atoms with E-state index < -0.39 is 11.8 Å². The molecule has 0 atom stereocenters. The number of benzene rings is 2. The Morgan fingerprint density at radius 1 is 0.857 bits per heavy atom. The first kappa shape index (κ1) is 16.7. The highest BCUT2D eigenvalue weighted by Crippen LogP contribution is 2.48. The van der Waals surface area contributed by atoms with Gasteiger partial charge in [0.2, 0.25) is 0 Å². The first-order chi connectivity index (χ1) is 9.73. The minimum absolute atomic E-state index is 0.0352. The fourth-order valence-electron chi connectivity index (χ4n) is 1.72. The number of hydrogen-bond donors (Lipinski definition) is 1. The second-order valence-electron chi connectivity index (χ2n) is 3.98. The van der Waals surface area contributed by atoms with Gasteiger partial charge in [0, 0.05) is 5.56 Å². The number of halogens is 6.